The van der Waals surface area contributed by atoms with Gasteiger partial charge in [-0.25, -0.2) is 14.2 Å². The van der Waals surface area contributed by atoms with Crippen molar-refractivity contribution in [3.05, 3.63) is 70.3 Å². The molecule has 2 aliphatic heterocycles. The van der Waals surface area contributed by atoms with Gasteiger partial charge in [0.1, 0.15) is 29.3 Å². The van der Waals surface area contributed by atoms with Gasteiger partial charge < -0.3 is 10.1 Å². The SMILES string of the molecule is CC(C)(C)OC(=O)C1C2=C(C=C(Cl)CC2)NC=C2N1C=NN2C1CC=C(c2ncccc2F)CC1. The Bertz CT molecular complexity index is 1200. The maximum atomic E-state index is 14.2. The number of rotatable bonds is 3. The number of hydrazone groups is 1. The smallest absolute Gasteiger partial charge is 0.334 e. The third-order valence-corrected chi connectivity index (χ3v) is 6.76. The van der Waals surface area contributed by atoms with E-state index in [1.807, 2.05) is 49.0 Å². The van der Waals surface area contributed by atoms with Crippen molar-refractivity contribution < 1.29 is 13.9 Å². The third-order valence-electron chi connectivity index (χ3n) is 6.47. The Morgan fingerprint density at radius 3 is 2.83 bits per heavy atom. The number of carbonyl (C=O) groups is 1. The molecule has 184 valence electrons. The van der Waals surface area contributed by atoms with Crippen molar-refractivity contribution in [2.75, 3.05) is 0 Å². The van der Waals surface area contributed by atoms with Crippen molar-refractivity contribution in [2.45, 2.75) is 70.6 Å². The molecule has 9 heteroatoms. The number of nitrogens with zero attached hydrogens (tertiary/aromatic N) is 4. The van der Waals surface area contributed by atoms with E-state index >= 15 is 0 Å². The van der Waals surface area contributed by atoms with Gasteiger partial charge in [0.05, 0.1) is 6.04 Å². The average molecular weight is 498 g/mol. The Morgan fingerprint density at radius 2 is 2.11 bits per heavy atom. The lowest BCUT2D eigenvalue weighted by molar-refractivity contribution is -0.158. The van der Waals surface area contributed by atoms with Gasteiger partial charge in [-0.3, -0.25) is 9.88 Å². The molecular formula is C26H29ClFN5O2. The molecule has 35 heavy (non-hydrogen) atoms. The summed E-state index contributed by atoms with van der Waals surface area (Å²) in [5.41, 5.74) is 2.46. The number of fused-ring (bicyclic) bond motifs is 1. The van der Waals surface area contributed by atoms with Gasteiger partial charge in [-0.15, -0.1) is 0 Å². The zero-order valence-electron chi connectivity index (χ0n) is 20.1. The molecule has 0 fully saturated rings. The van der Waals surface area contributed by atoms with E-state index in [0.717, 1.165) is 34.1 Å². The van der Waals surface area contributed by atoms with Gasteiger partial charge in [-0.2, -0.15) is 5.10 Å². The topological polar surface area (TPSA) is 70.1 Å². The van der Waals surface area contributed by atoms with Gasteiger partial charge >= 0.3 is 5.97 Å². The van der Waals surface area contributed by atoms with Crippen LogP contribution in [0.15, 0.2) is 63.9 Å². The highest BCUT2D eigenvalue weighted by atomic mass is 35.5. The van der Waals surface area contributed by atoms with Gasteiger partial charge in [0.15, 0.2) is 6.04 Å². The average Bonchev–Trinajstić information content (AvgIpc) is 3.14. The molecule has 5 rings (SSSR count). The minimum absolute atomic E-state index is 0.0633. The summed E-state index contributed by atoms with van der Waals surface area (Å²) in [5.74, 6) is 0.142. The molecule has 3 heterocycles. The number of hydrogen-bond donors (Lipinski definition) is 1. The lowest BCUT2D eigenvalue weighted by Crippen LogP contribution is -2.45. The van der Waals surface area contributed by atoms with Crippen LogP contribution in [-0.4, -0.2) is 44.9 Å². The lowest BCUT2D eigenvalue weighted by atomic mass is 9.92. The van der Waals surface area contributed by atoms with Crippen LogP contribution in [0.3, 0.4) is 0 Å². The van der Waals surface area contributed by atoms with Crippen LogP contribution in [0.2, 0.25) is 0 Å². The summed E-state index contributed by atoms with van der Waals surface area (Å²) in [6.07, 6.45) is 12.6. The molecule has 1 aromatic heterocycles. The zero-order valence-corrected chi connectivity index (χ0v) is 20.8. The van der Waals surface area contributed by atoms with Crippen LogP contribution in [0.4, 0.5) is 4.39 Å². The van der Waals surface area contributed by atoms with Crippen LogP contribution in [0.1, 0.15) is 58.6 Å². The second-order valence-corrected chi connectivity index (χ2v) is 10.6. The highest BCUT2D eigenvalue weighted by Gasteiger charge is 2.42. The highest BCUT2D eigenvalue weighted by molar-refractivity contribution is 6.29. The van der Waals surface area contributed by atoms with E-state index in [2.05, 4.69) is 15.4 Å². The summed E-state index contributed by atoms with van der Waals surface area (Å²) in [5, 5.41) is 10.7. The number of carbonyl (C=O) groups excluding carboxylic acids is 1. The van der Waals surface area contributed by atoms with Crippen molar-refractivity contribution in [2.24, 2.45) is 5.10 Å². The van der Waals surface area contributed by atoms with Crippen LogP contribution in [0.5, 0.6) is 0 Å². The first-order valence-corrected chi connectivity index (χ1v) is 12.3. The van der Waals surface area contributed by atoms with Crippen LogP contribution < -0.4 is 5.32 Å². The van der Waals surface area contributed by atoms with Crippen LogP contribution in [0, 0.1) is 5.82 Å². The van der Waals surface area contributed by atoms with E-state index in [9.17, 15) is 9.18 Å². The summed E-state index contributed by atoms with van der Waals surface area (Å²) in [4.78, 5) is 19.5. The molecule has 2 aliphatic carbocycles. The molecule has 0 bridgehead atoms. The quantitative estimate of drug-likeness (QED) is 0.593. The third kappa shape index (κ3) is 4.72. The fourth-order valence-corrected chi connectivity index (χ4v) is 5.10. The monoisotopic (exact) mass is 497 g/mol. The highest BCUT2D eigenvalue weighted by Crippen LogP contribution is 2.38. The molecule has 0 aromatic carbocycles. The molecule has 0 amide bonds. The van der Waals surface area contributed by atoms with E-state index in [1.54, 1.807) is 18.6 Å². The molecule has 1 N–H and O–H groups in total. The standard InChI is InChI=1S/C26H29ClFN5O2/c1-26(2,3)35-25(34)24-19-11-8-17(27)13-21(19)30-14-22-32(24)15-31-33(22)18-9-6-16(7-10-18)23-20(28)5-4-12-29-23/h4-6,12-15,18,24,30H,7-11H2,1-3H3. The summed E-state index contributed by atoms with van der Waals surface area (Å²) >= 11 is 6.33. The minimum atomic E-state index is -0.641. The molecule has 1 aromatic rings. The minimum Gasteiger partial charge on any atom is -0.458 e. The van der Waals surface area contributed by atoms with E-state index in [-0.39, 0.29) is 17.8 Å². The number of hydrogen-bond acceptors (Lipinski definition) is 7. The Labute approximate surface area is 209 Å². The first-order valence-electron chi connectivity index (χ1n) is 11.9. The van der Waals surface area contributed by atoms with Crippen molar-refractivity contribution in [1.82, 2.24) is 20.2 Å². The van der Waals surface area contributed by atoms with Gasteiger partial charge in [0.25, 0.3) is 0 Å². The Hall–Kier alpha value is -3.13. The molecule has 2 atom stereocenters. The second kappa shape index (κ2) is 9.15. The number of ether oxygens (including phenoxy) is 1. The van der Waals surface area contributed by atoms with Crippen molar-refractivity contribution in [3.63, 3.8) is 0 Å². The molecule has 0 spiro atoms. The Morgan fingerprint density at radius 1 is 1.29 bits per heavy atom. The van der Waals surface area contributed by atoms with E-state index in [1.165, 1.54) is 6.07 Å². The lowest BCUT2D eigenvalue weighted by Gasteiger charge is -2.34. The number of esters is 1. The van der Waals surface area contributed by atoms with Crippen LogP contribution >= 0.6 is 11.6 Å². The molecule has 0 saturated heterocycles. The largest absolute Gasteiger partial charge is 0.458 e. The number of nitrogens with one attached hydrogen (secondary N) is 1. The van der Waals surface area contributed by atoms with Crippen LogP contribution in [0.25, 0.3) is 5.57 Å². The van der Waals surface area contributed by atoms with Crippen molar-refractivity contribution in [1.29, 1.82) is 0 Å². The number of aromatic nitrogens is 1. The maximum absolute atomic E-state index is 14.2. The van der Waals surface area contributed by atoms with E-state index in [0.29, 0.717) is 31.4 Å². The number of allylic oxidation sites excluding steroid dienone is 3. The molecule has 0 saturated carbocycles. The first kappa shape index (κ1) is 23.6. The number of pyridine rings is 1. The predicted molar refractivity (Wildman–Crippen MR) is 133 cm³/mol. The van der Waals surface area contributed by atoms with E-state index in [4.69, 9.17) is 16.3 Å². The summed E-state index contributed by atoms with van der Waals surface area (Å²) < 4.78 is 20.0. The molecule has 4 aliphatic rings. The fourth-order valence-electron chi connectivity index (χ4n) is 4.90. The Balaban J connectivity index is 1.42. The van der Waals surface area contributed by atoms with Gasteiger partial charge in [0.2, 0.25) is 0 Å². The Kier molecular flexibility index (Phi) is 6.17. The molecule has 2 unspecified atom stereocenters. The van der Waals surface area contributed by atoms with E-state index < -0.39 is 11.6 Å². The fraction of sp³-hybridized carbons (Fsp3) is 0.423. The number of halogens is 2. The predicted octanol–water partition coefficient (Wildman–Crippen LogP) is 5.00. The van der Waals surface area contributed by atoms with Crippen molar-refractivity contribution in [3.8, 4) is 0 Å². The maximum Gasteiger partial charge on any atom is 0.334 e. The summed E-state index contributed by atoms with van der Waals surface area (Å²) in [7, 11) is 0. The second-order valence-electron chi connectivity index (χ2n) is 10.1. The van der Waals surface area contributed by atoms with Gasteiger partial charge in [-0.1, -0.05) is 17.7 Å². The first-order chi connectivity index (χ1) is 16.7. The summed E-state index contributed by atoms with van der Waals surface area (Å²) in [6.45, 7) is 5.60. The molecule has 0 radical (unpaired) electrons. The molecular weight excluding hydrogens is 469 g/mol. The summed E-state index contributed by atoms with van der Waals surface area (Å²) in [6, 6.07) is 2.46. The normalized spacial score (nSPS) is 24.1. The van der Waals surface area contributed by atoms with Crippen molar-refractivity contribution >= 4 is 29.5 Å². The van der Waals surface area contributed by atoms with Gasteiger partial charge in [0, 0.05) is 23.1 Å². The van der Waals surface area contributed by atoms with Gasteiger partial charge in [-0.05, 0) is 82.2 Å². The van der Waals surface area contributed by atoms with Crippen LogP contribution in [-0.2, 0) is 9.53 Å². The zero-order chi connectivity index (χ0) is 24.7. The molecule has 7 nitrogen and oxygen atoms in total.